The molecule has 0 unspecified atom stereocenters. The summed E-state index contributed by atoms with van der Waals surface area (Å²) in [7, 11) is 4.58. The minimum atomic E-state index is -4.41. The van der Waals surface area contributed by atoms with E-state index in [1.54, 1.807) is 40.3 Å². The summed E-state index contributed by atoms with van der Waals surface area (Å²) >= 11 is 1.27. The molecule has 0 saturated heterocycles. The number of hydrogen-bond acceptors (Lipinski definition) is 5. The summed E-state index contributed by atoms with van der Waals surface area (Å²) in [6.07, 6.45) is -0.778. The first-order chi connectivity index (χ1) is 16.2. The van der Waals surface area contributed by atoms with E-state index >= 15 is 0 Å². The fraction of sp³-hybridized carbons (Fsp3) is 0.227. The monoisotopic (exact) mass is 490 g/mol. The third kappa shape index (κ3) is 4.29. The van der Waals surface area contributed by atoms with Crippen LogP contribution in [0.1, 0.15) is 20.9 Å². The van der Waals surface area contributed by atoms with Crippen molar-refractivity contribution in [2.45, 2.75) is 12.7 Å². The third-order valence-corrected chi connectivity index (χ3v) is 6.22. The van der Waals surface area contributed by atoms with Crippen molar-refractivity contribution in [1.29, 1.82) is 0 Å². The van der Waals surface area contributed by atoms with Crippen molar-refractivity contribution < 1.29 is 23.1 Å². The van der Waals surface area contributed by atoms with E-state index in [1.165, 1.54) is 23.5 Å². The van der Waals surface area contributed by atoms with Crippen LogP contribution in [-0.4, -0.2) is 42.3 Å². The summed E-state index contributed by atoms with van der Waals surface area (Å²) in [6.45, 7) is 0.295. The first kappa shape index (κ1) is 23.5. The molecule has 0 fully saturated rings. The van der Waals surface area contributed by atoms with Crippen LogP contribution in [0.15, 0.2) is 48.8 Å². The van der Waals surface area contributed by atoms with Gasteiger partial charge in [0.05, 0.1) is 22.7 Å². The van der Waals surface area contributed by atoms with Gasteiger partial charge in [-0.05, 0) is 36.4 Å². The van der Waals surface area contributed by atoms with Gasteiger partial charge in [-0.1, -0.05) is 0 Å². The Morgan fingerprint density at radius 1 is 1.06 bits per heavy atom. The van der Waals surface area contributed by atoms with Gasteiger partial charge in [0.2, 0.25) is 0 Å². The lowest BCUT2D eigenvalue weighted by Gasteiger charge is -2.09. The van der Waals surface area contributed by atoms with E-state index in [0.717, 1.165) is 40.5 Å². The SMILES string of the molecule is CO.Cn1ccc(CNC(=O)c2cc3c4cn(C)nc4n(-c4ccc(C(F)(F)F)cc4)c3s2)n1. The molecule has 34 heavy (non-hydrogen) atoms. The molecule has 4 heterocycles. The number of rotatable bonds is 4. The molecule has 5 aromatic rings. The van der Waals surface area contributed by atoms with Crippen LogP contribution in [0.4, 0.5) is 13.2 Å². The van der Waals surface area contributed by atoms with Crippen molar-refractivity contribution in [2.75, 3.05) is 7.11 Å². The van der Waals surface area contributed by atoms with Crippen LogP contribution in [0.2, 0.25) is 0 Å². The first-order valence-corrected chi connectivity index (χ1v) is 10.9. The largest absolute Gasteiger partial charge is 0.416 e. The maximum atomic E-state index is 13.0. The molecule has 0 atom stereocenters. The molecule has 1 amide bonds. The number of aliphatic hydroxyl groups excluding tert-OH is 1. The Morgan fingerprint density at radius 2 is 1.76 bits per heavy atom. The highest BCUT2D eigenvalue weighted by atomic mass is 32.1. The zero-order valence-corrected chi connectivity index (χ0v) is 19.3. The van der Waals surface area contributed by atoms with E-state index in [-0.39, 0.29) is 5.91 Å². The molecule has 0 aliphatic carbocycles. The van der Waals surface area contributed by atoms with Crippen molar-refractivity contribution in [2.24, 2.45) is 14.1 Å². The summed E-state index contributed by atoms with van der Waals surface area (Å²) in [5, 5.41) is 20.2. The Kier molecular flexibility index (Phi) is 6.19. The highest BCUT2D eigenvalue weighted by molar-refractivity contribution is 7.20. The number of halogens is 3. The number of carbonyl (C=O) groups excluding carboxylic acids is 1. The van der Waals surface area contributed by atoms with E-state index in [4.69, 9.17) is 5.11 Å². The van der Waals surface area contributed by atoms with Gasteiger partial charge in [-0.3, -0.25) is 18.7 Å². The Labute approximate surface area is 195 Å². The first-order valence-electron chi connectivity index (χ1n) is 10.1. The lowest BCUT2D eigenvalue weighted by atomic mass is 10.2. The average molecular weight is 491 g/mol. The number of alkyl halides is 3. The summed E-state index contributed by atoms with van der Waals surface area (Å²) in [5.74, 6) is -0.243. The van der Waals surface area contributed by atoms with Crippen molar-refractivity contribution in [3.63, 3.8) is 0 Å². The molecule has 178 valence electrons. The number of carbonyl (C=O) groups is 1. The summed E-state index contributed by atoms with van der Waals surface area (Å²) < 4.78 is 44.1. The normalized spacial score (nSPS) is 11.6. The summed E-state index contributed by atoms with van der Waals surface area (Å²) in [4.78, 5) is 14.0. The van der Waals surface area contributed by atoms with Crippen molar-refractivity contribution in [3.8, 4) is 5.69 Å². The van der Waals surface area contributed by atoms with Crippen LogP contribution in [0.5, 0.6) is 0 Å². The molecular weight excluding hydrogens is 469 g/mol. The van der Waals surface area contributed by atoms with Gasteiger partial charge in [-0.15, -0.1) is 11.3 Å². The number of benzene rings is 1. The summed E-state index contributed by atoms with van der Waals surface area (Å²) in [5.41, 5.74) is 1.18. The topological polar surface area (TPSA) is 89.9 Å². The zero-order valence-electron chi connectivity index (χ0n) is 18.5. The number of nitrogens with one attached hydrogen (secondary N) is 1. The van der Waals surface area contributed by atoms with Gasteiger partial charge in [0, 0.05) is 50.1 Å². The maximum Gasteiger partial charge on any atom is 0.416 e. The molecule has 0 aliphatic rings. The Morgan fingerprint density at radius 3 is 2.38 bits per heavy atom. The molecule has 0 saturated carbocycles. The van der Waals surface area contributed by atoms with Gasteiger partial charge in [0.25, 0.3) is 5.91 Å². The smallest absolute Gasteiger partial charge is 0.400 e. The quantitative estimate of drug-likeness (QED) is 0.400. The molecule has 0 radical (unpaired) electrons. The molecule has 4 aromatic heterocycles. The second kappa shape index (κ2) is 8.95. The predicted molar refractivity (Wildman–Crippen MR) is 123 cm³/mol. The van der Waals surface area contributed by atoms with Gasteiger partial charge in [-0.2, -0.15) is 23.4 Å². The number of amides is 1. The fourth-order valence-corrected chi connectivity index (χ4v) is 4.75. The molecule has 0 spiro atoms. The second-order valence-electron chi connectivity index (χ2n) is 7.41. The van der Waals surface area contributed by atoms with E-state index < -0.39 is 11.7 Å². The van der Waals surface area contributed by atoms with Crippen molar-refractivity contribution >= 4 is 38.5 Å². The molecular formula is C22H21F3N6O2S. The number of fused-ring (bicyclic) bond motifs is 3. The number of aliphatic hydroxyl groups is 1. The van der Waals surface area contributed by atoms with Gasteiger partial charge in [0.1, 0.15) is 4.83 Å². The van der Waals surface area contributed by atoms with E-state index in [2.05, 4.69) is 15.5 Å². The minimum absolute atomic E-state index is 0.243. The van der Waals surface area contributed by atoms with Crippen LogP contribution >= 0.6 is 11.3 Å². The lowest BCUT2D eigenvalue weighted by molar-refractivity contribution is -0.137. The van der Waals surface area contributed by atoms with Crippen LogP contribution in [0.25, 0.3) is 26.9 Å². The lowest BCUT2D eigenvalue weighted by Crippen LogP contribution is -2.22. The Balaban J connectivity index is 0.00000133. The van der Waals surface area contributed by atoms with Gasteiger partial charge in [0.15, 0.2) is 5.65 Å². The standard InChI is InChI=1S/C21H17F3N6OS.CH4O/c1-28-8-7-13(26-28)10-25-19(31)17-9-15-16-11-29(2)27-18(16)30(20(15)32-17)14-5-3-12(4-6-14)21(22,23)24;1-2/h3-9,11H,10H2,1-2H3,(H,25,31);2H,1H3. The highest BCUT2D eigenvalue weighted by Gasteiger charge is 2.30. The number of nitrogens with zero attached hydrogens (tertiary/aromatic N) is 5. The molecule has 0 bridgehead atoms. The van der Waals surface area contributed by atoms with Crippen molar-refractivity contribution in [3.05, 3.63) is 64.9 Å². The van der Waals surface area contributed by atoms with Gasteiger partial charge in [-0.25, -0.2) is 0 Å². The number of aryl methyl sites for hydroxylation is 2. The number of hydrogen-bond donors (Lipinski definition) is 2. The molecule has 8 nitrogen and oxygen atoms in total. The zero-order chi connectivity index (χ0) is 24.6. The predicted octanol–water partition coefficient (Wildman–Crippen LogP) is 3.87. The van der Waals surface area contributed by atoms with Crippen LogP contribution in [-0.2, 0) is 26.8 Å². The maximum absolute atomic E-state index is 13.0. The van der Waals surface area contributed by atoms with Gasteiger partial charge < -0.3 is 10.4 Å². The van der Waals surface area contributed by atoms with Crippen LogP contribution in [0, 0.1) is 0 Å². The second-order valence-corrected chi connectivity index (χ2v) is 8.44. The molecule has 1 aromatic carbocycles. The molecule has 0 aliphatic heterocycles. The van der Waals surface area contributed by atoms with E-state index in [9.17, 15) is 18.0 Å². The average Bonchev–Trinajstić information content (AvgIpc) is 3.55. The molecule has 5 rings (SSSR count). The van der Waals surface area contributed by atoms with E-state index in [1.807, 2.05) is 12.3 Å². The van der Waals surface area contributed by atoms with Crippen LogP contribution in [0.3, 0.4) is 0 Å². The third-order valence-electron chi connectivity index (χ3n) is 5.10. The Bertz CT molecular complexity index is 1460. The Hall–Kier alpha value is -3.64. The minimum Gasteiger partial charge on any atom is -0.400 e. The molecule has 12 heteroatoms. The van der Waals surface area contributed by atoms with Gasteiger partial charge >= 0.3 is 6.18 Å². The highest BCUT2D eigenvalue weighted by Crippen LogP contribution is 2.37. The van der Waals surface area contributed by atoms with Crippen molar-refractivity contribution in [1.82, 2.24) is 29.4 Å². The number of aromatic nitrogens is 5. The number of thiophene rings is 1. The van der Waals surface area contributed by atoms with Crippen LogP contribution < -0.4 is 5.32 Å². The molecule has 2 N–H and O–H groups in total. The fourth-order valence-electron chi connectivity index (χ4n) is 3.63. The summed E-state index contributed by atoms with van der Waals surface area (Å²) in [6, 6.07) is 8.53. The van der Waals surface area contributed by atoms with E-state index in [0.29, 0.717) is 22.8 Å².